The summed E-state index contributed by atoms with van der Waals surface area (Å²) in [6, 6.07) is 17.7. The highest BCUT2D eigenvalue weighted by atomic mass is 32.1. The molecule has 0 aliphatic carbocycles. The number of aliphatic imine (C=N–C) groups is 1. The Morgan fingerprint density at radius 3 is 2.58 bits per heavy atom. The number of nitrogens with one attached hydrogen (secondary N) is 1. The maximum absolute atomic E-state index is 5.97. The fraction of sp³-hybridized carbons (Fsp3) is 0.200. The van der Waals surface area contributed by atoms with Crippen molar-refractivity contribution in [1.82, 2.24) is 4.98 Å². The smallest absolute Gasteiger partial charge is 0.193 e. The molecule has 26 heavy (non-hydrogen) atoms. The lowest BCUT2D eigenvalue weighted by atomic mass is 10.2. The van der Waals surface area contributed by atoms with E-state index in [1.165, 1.54) is 0 Å². The number of hydrogen-bond donors (Lipinski definition) is 2. The van der Waals surface area contributed by atoms with E-state index in [9.17, 15) is 0 Å². The van der Waals surface area contributed by atoms with E-state index < -0.39 is 0 Å². The van der Waals surface area contributed by atoms with Gasteiger partial charge in [-0.25, -0.2) is 9.98 Å². The molecule has 6 heteroatoms. The summed E-state index contributed by atoms with van der Waals surface area (Å²) in [5.74, 6) is 1.19. The minimum Gasteiger partial charge on any atom is -0.491 e. The Hall–Kier alpha value is -2.86. The van der Waals surface area contributed by atoms with Gasteiger partial charge in [-0.2, -0.15) is 0 Å². The summed E-state index contributed by atoms with van der Waals surface area (Å²) < 4.78 is 5.62. The van der Waals surface area contributed by atoms with Gasteiger partial charge in [0.25, 0.3) is 0 Å². The molecule has 0 spiro atoms. The summed E-state index contributed by atoms with van der Waals surface area (Å²) in [6.07, 6.45) is 0.152. The summed E-state index contributed by atoms with van der Waals surface area (Å²) in [5, 5.41) is 6.04. The van der Waals surface area contributed by atoms with Crippen molar-refractivity contribution < 1.29 is 4.74 Å². The van der Waals surface area contributed by atoms with E-state index in [0.717, 1.165) is 27.7 Å². The van der Waals surface area contributed by atoms with Crippen molar-refractivity contribution in [2.45, 2.75) is 26.5 Å². The molecule has 0 aliphatic rings. The van der Waals surface area contributed by atoms with Crippen LogP contribution in [0.25, 0.3) is 11.3 Å². The molecule has 3 N–H and O–H groups in total. The van der Waals surface area contributed by atoms with Crippen LogP contribution in [-0.2, 0) is 6.54 Å². The molecule has 0 aliphatic heterocycles. The van der Waals surface area contributed by atoms with Crippen LogP contribution in [0.4, 0.5) is 5.69 Å². The Morgan fingerprint density at radius 2 is 1.88 bits per heavy atom. The summed E-state index contributed by atoms with van der Waals surface area (Å²) in [6.45, 7) is 4.45. The standard InChI is InChI=1S/C20H22N4OS/c1-14(2)25-17-10-8-16(9-11-17)23-20(21)22-12-19-24-18(13-26-19)15-6-4-3-5-7-15/h3-11,13-14H,12H2,1-2H3,(H3,21,22,23). The monoisotopic (exact) mass is 366 g/mol. The van der Waals surface area contributed by atoms with Crippen LogP contribution >= 0.6 is 11.3 Å². The molecular formula is C20H22N4OS. The van der Waals surface area contributed by atoms with Crippen molar-refractivity contribution in [3.8, 4) is 17.0 Å². The van der Waals surface area contributed by atoms with Crippen LogP contribution in [0.3, 0.4) is 0 Å². The quantitative estimate of drug-likeness (QED) is 0.497. The zero-order valence-corrected chi connectivity index (χ0v) is 15.7. The number of hydrogen-bond acceptors (Lipinski definition) is 4. The number of nitrogens with zero attached hydrogens (tertiary/aromatic N) is 2. The Morgan fingerprint density at radius 1 is 1.15 bits per heavy atom. The fourth-order valence-corrected chi connectivity index (χ4v) is 3.08. The highest BCUT2D eigenvalue weighted by Gasteiger charge is 2.04. The molecule has 0 atom stereocenters. The van der Waals surface area contributed by atoms with Gasteiger partial charge in [-0.1, -0.05) is 30.3 Å². The number of guanidine groups is 1. The molecule has 0 bridgehead atoms. The number of ether oxygens (including phenoxy) is 1. The van der Waals surface area contributed by atoms with Gasteiger partial charge >= 0.3 is 0 Å². The molecule has 5 nitrogen and oxygen atoms in total. The first-order chi connectivity index (χ1) is 12.6. The largest absolute Gasteiger partial charge is 0.491 e. The van der Waals surface area contributed by atoms with E-state index in [4.69, 9.17) is 10.5 Å². The van der Waals surface area contributed by atoms with Gasteiger partial charge in [-0.05, 0) is 38.1 Å². The second kappa shape index (κ2) is 8.49. The van der Waals surface area contributed by atoms with Gasteiger partial charge in [-0.15, -0.1) is 11.3 Å². The molecule has 1 heterocycles. The number of benzene rings is 2. The molecule has 3 rings (SSSR count). The summed E-state index contributed by atoms with van der Waals surface area (Å²) in [4.78, 5) is 8.98. The van der Waals surface area contributed by atoms with Gasteiger partial charge in [0.05, 0.1) is 18.3 Å². The van der Waals surface area contributed by atoms with E-state index in [2.05, 4.69) is 15.3 Å². The maximum atomic E-state index is 5.97. The average Bonchev–Trinajstić information content (AvgIpc) is 3.11. The van der Waals surface area contributed by atoms with Crippen molar-refractivity contribution in [2.24, 2.45) is 10.7 Å². The molecule has 0 saturated carbocycles. The number of aromatic nitrogens is 1. The van der Waals surface area contributed by atoms with E-state index in [1.807, 2.05) is 73.8 Å². The number of anilines is 1. The van der Waals surface area contributed by atoms with Gasteiger partial charge in [0.1, 0.15) is 10.8 Å². The van der Waals surface area contributed by atoms with Crippen LogP contribution in [0.15, 0.2) is 65.0 Å². The van der Waals surface area contributed by atoms with Crippen LogP contribution in [0, 0.1) is 0 Å². The maximum Gasteiger partial charge on any atom is 0.193 e. The first kappa shape index (κ1) is 17.9. The third-order valence-electron chi connectivity index (χ3n) is 3.50. The first-order valence-corrected chi connectivity index (χ1v) is 9.31. The SMILES string of the molecule is CC(C)Oc1ccc(NC(N)=NCc2nc(-c3ccccc3)cs2)cc1. The third kappa shape index (κ3) is 5.07. The van der Waals surface area contributed by atoms with E-state index in [-0.39, 0.29) is 6.10 Å². The minimum absolute atomic E-state index is 0.152. The minimum atomic E-state index is 0.152. The van der Waals surface area contributed by atoms with Crippen molar-refractivity contribution >= 4 is 23.0 Å². The lowest BCUT2D eigenvalue weighted by molar-refractivity contribution is 0.242. The van der Waals surface area contributed by atoms with Gasteiger partial charge in [0.15, 0.2) is 5.96 Å². The Kier molecular flexibility index (Phi) is 5.86. The Labute approximate surface area is 157 Å². The molecule has 0 saturated heterocycles. The Balaban J connectivity index is 1.58. The van der Waals surface area contributed by atoms with Crippen LogP contribution < -0.4 is 15.8 Å². The van der Waals surface area contributed by atoms with Gasteiger partial charge in [-0.3, -0.25) is 0 Å². The van der Waals surface area contributed by atoms with Gasteiger partial charge in [0, 0.05) is 16.6 Å². The highest BCUT2D eigenvalue weighted by molar-refractivity contribution is 7.09. The first-order valence-electron chi connectivity index (χ1n) is 8.43. The number of rotatable bonds is 6. The number of nitrogens with two attached hydrogens (primary N) is 1. The van der Waals surface area contributed by atoms with Crippen LogP contribution in [0.1, 0.15) is 18.9 Å². The number of thiazole rings is 1. The molecule has 0 amide bonds. The average molecular weight is 366 g/mol. The van der Waals surface area contributed by atoms with Gasteiger partial charge in [0.2, 0.25) is 0 Å². The summed E-state index contributed by atoms with van der Waals surface area (Å²) in [7, 11) is 0. The summed E-state index contributed by atoms with van der Waals surface area (Å²) in [5.41, 5.74) is 8.91. The molecular weight excluding hydrogens is 344 g/mol. The molecule has 0 radical (unpaired) electrons. The van der Waals surface area contributed by atoms with Crippen molar-refractivity contribution in [3.63, 3.8) is 0 Å². The van der Waals surface area contributed by atoms with Gasteiger partial charge < -0.3 is 15.8 Å². The van der Waals surface area contributed by atoms with Crippen LogP contribution in [-0.4, -0.2) is 17.0 Å². The van der Waals surface area contributed by atoms with E-state index in [1.54, 1.807) is 11.3 Å². The normalized spacial score (nSPS) is 11.6. The summed E-state index contributed by atoms with van der Waals surface area (Å²) >= 11 is 1.58. The predicted molar refractivity (Wildman–Crippen MR) is 109 cm³/mol. The zero-order chi connectivity index (χ0) is 18.4. The molecule has 3 aromatic rings. The lowest BCUT2D eigenvalue weighted by Gasteiger charge is -2.10. The second-order valence-electron chi connectivity index (χ2n) is 6.01. The highest BCUT2D eigenvalue weighted by Crippen LogP contribution is 2.22. The van der Waals surface area contributed by atoms with Crippen LogP contribution in [0.5, 0.6) is 5.75 Å². The van der Waals surface area contributed by atoms with Crippen molar-refractivity contribution in [2.75, 3.05) is 5.32 Å². The Bertz CT molecular complexity index is 857. The molecule has 1 aromatic heterocycles. The van der Waals surface area contributed by atoms with Crippen molar-refractivity contribution in [1.29, 1.82) is 0 Å². The molecule has 2 aromatic carbocycles. The second-order valence-corrected chi connectivity index (χ2v) is 6.95. The van der Waals surface area contributed by atoms with E-state index >= 15 is 0 Å². The van der Waals surface area contributed by atoms with Crippen LogP contribution in [0.2, 0.25) is 0 Å². The predicted octanol–water partition coefficient (Wildman–Crippen LogP) is 4.52. The fourth-order valence-electron chi connectivity index (χ4n) is 2.35. The third-order valence-corrected chi connectivity index (χ3v) is 4.34. The topological polar surface area (TPSA) is 72.5 Å². The zero-order valence-electron chi connectivity index (χ0n) is 14.8. The lowest BCUT2D eigenvalue weighted by Crippen LogP contribution is -2.22. The molecule has 0 unspecified atom stereocenters. The van der Waals surface area contributed by atoms with E-state index in [0.29, 0.717) is 12.5 Å². The molecule has 0 fully saturated rings. The molecule has 134 valence electrons. The van der Waals surface area contributed by atoms with Crippen molar-refractivity contribution in [3.05, 3.63) is 65.0 Å².